The zero-order valence-corrected chi connectivity index (χ0v) is 17.4. The SMILES string of the molecule is C=CCn1c(C)nc2c(c1=O)c1nc3ccccc3nc1n2N=Cc1cccc(Cl)c1. The molecular formula is C23H17ClN6O. The van der Waals surface area contributed by atoms with Crippen molar-refractivity contribution >= 4 is 51.0 Å². The van der Waals surface area contributed by atoms with Crippen LogP contribution in [0.4, 0.5) is 0 Å². The lowest BCUT2D eigenvalue weighted by Crippen LogP contribution is -2.23. The summed E-state index contributed by atoms with van der Waals surface area (Å²) in [6, 6.07) is 14.9. The number of aryl methyl sites for hydroxylation is 1. The molecule has 7 nitrogen and oxygen atoms in total. The molecule has 0 saturated carbocycles. The average molecular weight is 429 g/mol. The maximum Gasteiger partial charge on any atom is 0.265 e. The van der Waals surface area contributed by atoms with Crippen LogP contribution in [0.25, 0.3) is 33.2 Å². The first-order valence-corrected chi connectivity index (χ1v) is 10.0. The lowest BCUT2D eigenvalue weighted by atomic mass is 10.2. The van der Waals surface area contributed by atoms with Crippen molar-refractivity contribution in [2.75, 3.05) is 0 Å². The second-order valence-corrected chi connectivity index (χ2v) is 7.49. The average Bonchev–Trinajstić information content (AvgIpc) is 3.05. The van der Waals surface area contributed by atoms with E-state index >= 15 is 0 Å². The van der Waals surface area contributed by atoms with Crippen molar-refractivity contribution in [2.45, 2.75) is 13.5 Å². The Kier molecular flexibility index (Phi) is 4.60. The Morgan fingerprint density at radius 1 is 1.06 bits per heavy atom. The number of fused-ring (bicyclic) bond motifs is 4. The number of para-hydroxylation sites is 2. The molecule has 0 N–H and O–H groups in total. The van der Waals surface area contributed by atoms with E-state index in [1.54, 1.807) is 40.6 Å². The predicted molar refractivity (Wildman–Crippen MR) is 124 cm³/mol. The van der Waals surface area contributed by atoms with Gasteiger partial charge in [0, 0.05) is 11.6 Å². The monoisotopic (exact) mass is 428 g/mol. The number of hydrogen-bond donors (Lipinski definition) is 0. The van der Waals surface area contributed by atoms with E-state index in [1.807, 2.05) is 36.4 Å². The van der Waals surface area contributed by atoms with Crippen molar-refractivity contribution in [2.24, 2.45) is 5.10 Å². The molecule has 3 heterocycles. The van der Waals surface area contributed by atoms with Gasteiger partial charge in [-0.25, -0.2) is 15.0 Å². The molecule has 0 unspecified atom stereocenters. The molecule has 0 bridgehead atoms. The van der Waals surface area contributed by atoms with Gasteiger partial charge in [0.15, 0.2) is 11.3 Å². The van der Waals surface area contributed by atoms with E-state index in [2.05, 4.69) is 16.7 Å². The van der Waals surface area contributed by atoms with Gasteiger partial charge < -0.3 is 0 Å². The smallest absolute Gasteiger partial charge is 0.265 e. The second-order valence-electron chi connectivity index (χ2n) is 7.06. The third kappa shape index (κ3) is 3.19. The van der Waals surface area contributed by atoms with Crippen molar-refractivity contribution in [3.05, 3.63) is 88.0 Å². The first-order valence-electron chi connectivity index (χ1n) is 9.66. The third-order valence-corrected chi connectivity index (χ3v) is 5.25. The fourth-order valence-electron chi connectivity index (χ4n) is 3.58. The van der Waals surface area contributed by atoms with E-state index in [4.69, 9.17) is 21.6 Å². The number of aromatic nitrogens is 5. The van der Waals surface area contributed by atoms with Gasteiger partial charge in [0.25, 0.3) is 5.56 Å². The van der Waals surface area contributed by atoms with Crippen molar-refractivity contribution in [3.63, 3.8) is 0 Å². The Hall–Kier alpha value is -3.84. The molecule has 8 heteroatoms. The summed E-state index contributed by atoms with van der Waals surface area (Å²) in [6.45, 7) is 5.88. The van der Waals surface area contributed by atoms with Gasteiger partial charge in [0.2, 0.25) is 0 Å². The predicted octanol–water partition coefficient (Wildman–Crippen LogP) is 4.32. The molecule has 0 spiro atoms. The Labute approximate surface area is 182 Å². The molecule has 0 atom stereocenters. The fraction of sp³-hybridized carbons (Fsp3) is 0.0870. The Morgan fingerprint density at radius 2 is 1.84 bits per heavy atom. The molecule has 2 aromatic carbocycles. The summed E-state index contributed by atoms with van der Waals surface area (Å²) < 4.78 is 3.13. The highest BCUT2D eigenvalue weighted by Gasteiger charge is 2.20. The second kappa shape index (κ2) is 7.45. The van der Waals surface area contributed by atoms with Crippen LogP contribution in [0, 0.1) is 6.92 Å². The van der Waals surface area contributed by atoms with E-state index in [0.717, 1.165) is 5.56 Å². The number of benzene rings is 2. The first kappa shape index (κ1) is 19.1. The number of hydrogen-bond acceptors (Lipinski definition) is 5. The van der Waals surface area contributed by atoms with E-state index in [0.29, 0.717) is 50.6 Å². The minimum Gasteiger partial charge on any atom is -0.292 e. The van der Waals surface area contributed by atoms with Crippen molar-refractivity contribution in [1.82, 2.24) is 24.2 Å². The molecule has 31 heavy (non-hydrogen) atoms. The standard InChI is InChI=1S/C23H17ClN6O/c1-3-11-29-14(2)26-21-19(23(29)31)20-22(28-18-10-5-4-9-17(18)27-20)30(21)25-13-15-7-6-8-16(24)12-15/h3-10,12-13H,1,11H2,2H3. The van der Waals surface area contributed by atoms with Crippen LogP contribution in [0.5, 0.6) is 0 Å². The molecule has 0 aliphatic carbocycles. The van der Waals surface area contributed by atoms with Crippen molar-refractivity contribution < 1.29 is 0 Å². The molecule has 152 valence electrons. The quantitative estimate of drug-likeness (QED) is 0.315. The first-order chi connectivity index (χ1) is 15.1. The van der Waals surface area contributed by atoms with Crippen LogP contribution < -0.4 is 5.56 Å². The highest BCUT2D eigenvalue weighted by atomic mass is 35.5. The maximum atomic E-state index is 13.3. The minimum absolute atomic E-state index is 0.200. The van der Waals surface area contributed by atoms with Gasteiger partial charge in [0.05, 0.1) is 17.2 Å². The van der Waals surface area contributed by atoms with Crippen molar-refractivity contribution in [1.29, 1.82) is 0 Å². The number of halogens is 1. The number of nitrogens with zero attached hydrogens (tertiary/aromatic N) is 6. The number of allylic oxidation sites excluding steroid dienone is 1. The van der Waals surface area contributed by atoms with Crippen LogP contribution in [0.2, 0.25) is 5.02 Å². The third-order valence-electron chi connectivity index (χ3n) is 5.01. The largest absolute Gasteiger partial charge is 0.292 e. The lowest BCUT2D eigenvalue weighted by Gasteiger charge is -2.06. The van der Waals surface area contributed by atoms with Gasteiger partial charge in [-0.1, -0.05) is 41.9 Å². The summed E-state index contributed by atoms with van der Waals surface area (Å²) in [5.41, 5.74) is 3.36. The molecule has 0 radical (unpaired) electrons. The molecule has 5 aromatic rings. The van der Waals surface area contributed by atoms with Gasteiger partial charge in [-0.05, 0) is 36.8 Å². The normalized spacial score (nSPS) is 11.8. The zero-order chi connectivity index (χ0) is 21.5. The molecule has 5 rings (SSSR count). The van der Waals surface area contributed by atoms with E-state index < -0.39 is 0 Å². The molecule has 0 fully saturated rings. The molecule has 3 aromatic heterocycles. The topological polar surface area (TPSA) is 78.0 Å². The van der Waals surface area contributed by atoms with Crippen LogP contribution >= 0.6 is 11.6 Å². The molecule has 0 aliphatic heterocycles. The molecular weight excluding hydrogens is 412 g/mol. The van der Waals surface area contributed by atoms with Gasteiger partial charge >= 0.3 is 0 Å². The summed E-state index contributed by atoms with van der Waals surface area (Å²) >= 11 is 6.09. The zero-order valence-electron chi connectivity index (χ0n) is 16.7. The maximum absolute atomic E-state index is 13.3. The van der Waals surface area contributed by atoms with E-state index in [1.165, 1.54) is 0 Å². The van der Waals surface area contributed by atoms with E-state index in [9.17, 15) is 4.79 Å². The Morgan fingerprint density at radius 3 is 2.58 bits per heavy atom. The van der Waals surface area contributed by atoms with Gasteiger partial charge in [-0.15, -0.1) is 6.58 Å². The highest BCUT2D eigenvalue weighted by Crippen LogP contribution is 2.25. The van der Waals surface area contributed by atoms with Gasteiger partial charge in [-0.3, -0.25) is 9.36 Å². The summed E-state index contributed by atoms with van der Waals surface area (Å²) in [7, 11) is 0. The van der Waals surface area contributed by atoms with Crippen LogP contribution in [-0.4, -0.2) is 30.4 Å². The highest BCUT2D eigenvalue weighted by molar-refractivity contribution is 6.30. The Balaban J connectivity index is 1.88. The Bertz CT molecular complexity index is 1580. The molecule has 0 saturated heterocycles. The van der Waals surface area contributed by atoms with Crippen molar-refractivity contribution in [3.8, 4) is 0 Å². The fourth-order valence-corrected chi connectivity index (χ4v) is 3.78. The summed E-state index contributed by atoms with van der Waals surface area (Å²) in [5.74, 6) is 0.559. The summed E-state index contributed by atoms with van der Waals surface area (Å²) in [4.78, 5) is 27.5. The molecule has 0 aliphatic rings. The van der Waals surface area contributed by atoms with Gasteiger partial charge in [-0.2, -0.15) is 9.78 Å². The van der Waals surface area contributed by atoms with Crippen LogP contribution in [0.15, 0.2) is 71.1 Å². The van der Waals surface area contributed by atoms with Crippen LogP contribution in [0.1, 0.15) is 11.4 Å². The minimum atomic E-state index is -0.200. The van der Waals surface area contributed by atoms with E-state index in [-0.39, 0.29) is 5.56 Å². The number of rotatable bonds is 4. The van der Waals surface area contributed by atoms with Crippen LogP contribution in [-0.2, 0) is 6.54 Å². The summed E-state index contributed by atoms with van der Waals surface area (Å²) in [6.07, 6.45) is 3.33. The lowest BCUT2D eigenvalue weighted by molar-refractivity contribution is 0.724. The van der Waals surface area contributed by atoms with Gasteiger partial charge in [0.1, 0.15) is 16.7 Å². The van der Waals surface area contributed by atoms with Crippen LogP contribution in [0.3, 0.4) is 0 Å². The summed E-state index contributed by atoms with van der Waals surface area (Å²) in [5, 5.41) is 5.59. The molecule has 0 amide bonds.